The van der Waals surface area contributed by atoms with Gasteiger partial charge in [-0.1, -0.05) is 45.9 Å². The maximum Gasteiger partial charge on any atom is 0.261 e. The lowest BCUT2D eigenvalue weighted by Crippen LogP contribution is -2.45. The Morgan fingerprint density at radius 2 is 1.86 bits per heavy atom. The number of hydrogen-bond donors (Lipinski definition) is 2. The molecular formula is C18H29NO3. The van der Waals surface area contributed by atoms with Gasteiger partial charge in [-0.3, -0.25) is 4.79 Å². The van der Waals surface area contributed by atoms with Gasteiger partial charge in [0.1, 0.15) is 5.75 Å². The summed E-state index contributed by atoms with van der Waals surface area (Å²) in [5.74, 6) is 0.991. The molecule has 0 aliphatic heterocycles. The van der Waals surface area contributed by atoms with Gasteiger partial charge in [0.2, 0.25) is 0 Å². The first-order valence-corrected chi connectivity index (χ1v) is 8.07. The van der Waals surface area contributed by atoms with E-state index < -0.39 is 6.10 Å². The molecule has 0 aliphatic rings. The summed E-state index contributed by atoms with van der Waals surface area (Å²) in [7, 11) is 0. The topological polar surface area (TPSA) is 58.6 Å². The number of carbonyl (C=O) groups excluding carboxylic acids is 1. The van der Waals surface area contributed by atoms with Gasteiger partial charge in [0, 0.05) is 12.6 Å². The molecule has 0 bridgehead atoms. The Labute approximate surface area is 133 Å². The van der Waals surface area contributed by atoms with E-state index >= 15 is 0 Å². The summed E-state index contributed by atoms with van der Waals surface area (Å²) in [5.41, 5.74) is 1.10. The third-order valence-corrected chi connectivity index (χ3v) is 3.98. The molecule has 0 saturated carbocycles. The molecule has 3 atom stereocenters. The first-order valence-electron chi connectivity index (χ1n) is 8.07. The fourth-order valence-electron chi connectivity index (χ4n) is 2.16. The van der Waals surface area contributed by atoms with Crippen molar-refractivity contribution < 1.29 is 14.6 Å². The summed E-state index contributed by atoms with van der Waals surface area (Å²) in [5, 5.41) is 12.1. The predicted molar refractivity (Wildman–Crippen MR) is 89.1 cm³/mol. The van der Waals surface area contributed by atoms with E-state index in [2.05, 4.69) is 19.2 Å². The summed E-state index contributed by atoms with van der Waals surface area (Å²) < 4.78 is 5.96. The number of ether oxygens (including phenoxy) is 1. The van der Waals surface area contributed by atoms with E-state index in [4.69, 9.17) is 9.84 Å². The van der Waals surface area contributed by atoms with E-state index in [0.29, 0.717) is 12.3 Å². The monoisotopic (exact) mass is 307 g/mol. The average Bonchev–Trinajstić information content (AvgIpc) is 2.51. The molecule has 0 aliphatic carbocycles. The van der Waals surface area contributed by atoms with Crippen molar-refractivity contribution >= 4 is 5.91 Å². The molecule has 1 aromatic rings. The molecular weight excluding hydrogens is 278 g/mol. The van der Waals surface area contributed by atoms with Crippen LogP contribution < -0.4 is 10.1 Å². The van der Waals surface area contributed by atoms with E-state index in [0.717, 1.165) is 11.3 Å². The number of aliphatic hydroxyl groups excluding tert-OH is 1. The maximum atomic E-state index is 12.4. The van der Waals surface area contributed by atoms with Gasteiger partial charge in [-0.15, -0.1) is 0 Å². The van der Waals surface area contributed by atoms with Crippen LogP contribution in [0, 0.1) is 5.92 Å². The summed E-state index contributed by atoms with van der Waals surface area (Å²) in [6.07, 6.45) is 0.0756. The third-order valence-electron chi connectivity index (χ3n) is 3.98. The fraction of sp³-hybridized carbons (Fsp3) is 0.611. The Kier molecular flexibility index (Phi) is 7.39. The minimum Gasteiger partial charge on any atom is -0.480 e. The Bertz CT molecular complexity index is 473. The smallest absolute Gasteiger partial charge is 0.261 e. The zero-order valence-electron chi connectivity index (χ0n) is 14.3. The Morgan fingerprint density at radius 1 is 1.23 bits per heavy atom. The number of carbonyl (C=O) groups is 1. The van der Waals surface area contributed by atoms with Gasteiger partial charge in [0.15, 0.2) is 6.10 Å². The van der Waals surface area contributed by atoms with Gasteiger partial charge in [-0.25, -0.2) is 0 Å². The molecule has 4 nitrogen and oxygen atoms in total. The van der Waals surface area contributed by atoms with E-state index in [1.54, 1.807) is 0 Å². The van der Waals surface area contributed by atoms with Gasteiger partial charge >= 0.3 is 0 Å². The molecule has 1 aromatic carbocycles. The van der Waals surface area contributed by atoms with Crippen LogP contribution in [0.3, 0.4) is 0 Å². The number of aliphatic hydroxyl groups is 1. The van der Waals surface area contributed by atoms with Crippen LogP contribution in [0.15, 0.2) is 24.3 Å². The van der Waals surface area contributed by atoms with Crippen LogP contribution in [-0.2, 0) is 4.79 Å². The molecule has 3 unspecified atom stereocenters. The highest BCUT2D eigenvalue weighted by atomic mass is 16.5. The van der Waals surface area contributed by atoms with E-state index in [-0.39, 0.29) is 24.5 Å². The zero-order valence-corrected chi connectivity index (χ0v) is 14.3. The van der Waals surface area contributed by atoms with Crippen molar-refractivity contribution in [2.45, 2.75) is 59.1 Å². The fourth-order valence-corrected chi connectivity index (χ4v) is 2.16. The van der Waals surface area contributed by atoms with Crippen molar-refractivity contribution in [2.75, 3.05) is 6.61 Å². The minimum atomic E-state index is -0.520. The molecule has 0 spiro atoms. The molecule has 22 heavy (non-hydrogen) atoms. The summed E-state index contributed by atoms with van der Waals surface area (Å²) >= 11 is 0. The normalized spacial score (nSPS) is 15.2. The molecule has 0 saturated heterocycles. The molecule has 1 amide bonds. The highest BCUT2D eigenvalue weighted by Crippen LogP contribution is 2.27. The van der Waals surface area contributed by atoms with Gasteiger partial charge in [0.25, 0.3) is 5.91 Å². The number of hydrogen-bond acceptors (Lipinski definition) is 3. The van der Waals surface area contributed by atoms with E-state index in [1.165, 1.54) is 0 Å². The van der Waals surface area contributed by atoms with Crippen LogP contribution in [0.2, 0.25) is 0 Å². The molecule has 2 N–H and O–H groups in total. The lowest BCUT2D eigenvalue weighted by atomic mass is 10.0. The van der Waals surface area contributed by atoms with Crippen LogP contribution in [-0.4, -0.2) is 29.8 Å². The van der Waals surface area contributed by atoms with Crippen LogP contribution in [0.25, 0.3) is 0 Å². The summed E-state index contributed by atoms with van der Waals surface area (Å²) in [4.78, 5) is 12.4. The van der Waals surface area contributed by atoms with Gasteiger partial charge in [-0.05, 0) is 36.8 Å². The molecule has 0 heterocycles. The zero-order chi connectivity index (χ0) is 16.7. The SMILES string of the molecule is CCC(Oc1ccccc1C(C)C)C(=O)NC(C)C(C)CO. The quantitative estimate of drug-likeness (QED) is 0.776. The predicted octanol–water partition coefficient (Wildman–Crippen LogP) is 3.10. The first-order chi connectivity index (χ1) is 10.4. The number of amides is 1. The second-order valence-corrected chi connectivity index (χ2v) is 6.16. The molecule has 0 radical (unpaired) electrons. The second kappa shape index (κ2) is 8.79. The lowest BCUT2D eigenvalue weighted by Gasteiger charge is -2.24. The number of para-hydroxylation sites is 1. The number of rotatable bonds is 8. The van der Waals surface area contributed by atoms with Gasteiger partial charge in [-0.2, -0.15) is 0 Å². The largest absolute Gasteiger partial charge is 0.480 e. The number of nitrogens with one attached hydrogen (secondary N) is 1. The van der Waals surface area contributed by atoms with Crippen molar-refractivity contribution in [3.05, 3.63) is 29.8 Å². The Hall–Kier alpha value is -1.55. The molecule has 0 aromatic heterocycles. The van der Waals surface area contributed by atoms with Crippen molar-refractivity contribution in [1.82, 2.24) is 5.32 Å². The third kappa shape index (κ3) is 5.02. The minimum absolute atomic E-state index is 0.0180. The van der Waals surface area contributed by atoms with Crippen LogP contribution in [0.4, 0.5) is 0 Å². The highest BCUT2D eigenvalue weighted by molar-refractivity contribution is 5.81. The first kappa shape index (κ1) is 18.5. The van der Waals surface area contributed by atoms with E-state index in [9.17, 15) is 4.79 Å². The Morgan fingerprint density at radius 3 is 2.41 bits per heavy atom. The van der Waals surface area contributed by atoms with E-state index in [1.807, 2.05) is 45.0 Å². The highest BCUT2D eigenvalue weighted by Gasteiger charge is 2.23. The molecule has 124 valence electrons. The molecule has 0 fully saturated rings. The summed E-state index contributed by atoms with van der Waals surface area (Å²) in [6, 6.07) is 7.75. The van der Waals surface area contributed by atoms with Gasteiger partial charge < -0.3 is 15.2 Å². The number of benzene rings is 1. The van der Waals surface area contributed by atoms with Crippen LogP contribution >= 0.6 is 0 Å². The van der Waals surface area contributed by atoms with Crippen molar-refractivity contribution in [1.29, 1.82) is 0 Å². The van der Waals surface area contributed by atoms with Crippen LogP contribution in [0.5, 0.6) is 5.75 Å². The molecule has 1 rings (SSSR count). The molecule has 4 heteroatoms. The lowest BCUT2D eigenvalue weighted by molar-refractivity contribution is -0.129. The van der Waals surface area contributed by atoms with Crippen LogP contribution in [0.1, 0.15) is 52.5 Å². The van der Waals surface area contributed by atoms with Gasteiger partial charge in [0.05, 0.1) is 0 Å². The maximum absolute atomic E-state index is 12.4. The average molecular weight is 307 g/mol. The van der Waals surface area contributed by atoms with Crippen molar-refractivity contribution in [2.24, 2.45) is 5.92 Å². The standard InChI is InChI=1S/C18H29NO3/c1-6-16(18(21)19-14(5)13(4)11-20)22-17-10-8-7-9-15(17)12(2)3/h7-10,12-14,16,20H,6,11H2,1-5H3,(H,19,21). The van der Waals surface area contributed by atoms with Crippen molar-refractivity contribution in [3.8, 4) is 5.75 Å². The second-order valence-electron chi connectivity index (χ2n) is 6.16. The van der Waals surface area contributed by atoms with Crippen molar-refractivity contribution in [3.63, 3.8) is 0 Å². The Balaban J connectivity index is 2.79. The summed E-state index contributed by atoms with van der Waals surface area (Å²) in [6.45, 7) is 9.99.